The van der Waals surface area contributed by atoms with Crippen LogP contribution in [-0.2, 0) is 4.79 Å². The van der Waals surface area contributed by atoms with Gasteiger partial charge in [0.2, 0.25) is 0 Å². The van der Waals surface area contributed by atoms with Crippen molar-refractivity contribution < 1.29 is 19.8 Å². The topological polar surface area (TPSA) is 89.9 Å². The number of nitrogens with zero attached hydrogens (tertiary/aromatic N) is 1. The summed E-state index contributed by atoms with van der Waals surface area (Å²) in [4.78, 5) is 24.5. The second-order valence-corrected chi connectivity index (χ2v) is 4.31. The Labute approximate surface area is 108 Å². The van der Waals surface area contributed by atoms with Crippen LogP contribution < -0.4 is 5.32 Å². The van der Waals surface area contributed by atoms with Gasteiger partial charge in [-0.1, -0.05) is 20.3 Å². The van der Waals surface area contributed by atoms with Crippen molar-refractivity contribution in [2.24, 2.45) is 5.92 Å². The van der Waals surface area contributed by atoms with Crippen molar-refractivity contribution in [2.75, 3.05) is 19.7 Å². The quantitative estimate of drug-likeness (QED) is 0.605. The average Bonchev–Trinajstić information content (AvgIpc) is 2.35. The van der Waals surface area contributed by atoms with Crippen LogP contribution in [0.2, 0.25) is 0 Å². The third-order valence-electron chi connectivity index (χ3n) is 3.01. The molecule has 6 heteroatoms. The van der Waals surface area contributed by atoms with Crippen molar-refractivity contribution >= 4 is 12.0 Å². The number of urea groups is 1. The molecule has 0 bridgehead atoms. The van der Waals surface area contributed by atoms with Gasteiger partial charge in [-0.2, -0.15) is 0 Å². The van der Waals surface area contributed by atoms with Crippen LogP contribution in [0.15, 0.2) is 0 Å². The summed E-state index contributed by atoms with van der Waals surface area (Å²) in [5.74, 6) is -1.14. The van der Waals surface area contributed by atoms with Gasteiger partial charge in [0.05, 0.1) is 0 Å². The summed E-state index contributed by atoms with van der Waals surface area (Å²) in [7, 11) is 0. The standard InChI is InChI=1S/C12H24N2O4/c1-4-9(3)10(11(16)17)13-12(18)14(5-2)7-6-8-15/h9-10,15H,4-8H2,1-3H3,(H,13,18)(H,16,17)/t9-,10-/m0/s1. The molecular weight excluding hydrogens is 236 g/mol. The second-order valence-electron chi connectivity index (χ2n) is 4.31. The van der Waals surface area contributed by atoms with Gasteiger partial charge in [-0.05, 0) is 19.3 Å². The molecule has 0 heterocycles. The number of hydrogen-bond donors (Lipinski definition) is 3. The van der Waals surface area contributed by atoms with E-state index in [4.69, 9.17) is 10.2 Å². The number of rotatable bonds is 8. The van der Waals surface area contributed by atoms with E-state index in [-0.39, 0.29) is 12.5 Å². The summed E-state index contributed by atoms with van der Waals surface area (Å²) in [6.45, 7) is 6.41. The van der Waals surface area contributed by atoms with Crippen molar-refractivity contribution in [3.63, 3.8) is 0 Å². The van der Waals surface area contributed by atoms with E-state index < -0.39 is 18.0 Å². The summed E-state index contributed by atoms with van der Waals surface area (Å²) in [6, 6.07) is -1.26. The van der Waals surface area contributed by atoms with Crippen molar-refractivity contribution in [2.45, 2.75) is 39.7 Å². The molecule has 106 valence electrons. The number of carboxylic acid groups (broad SMARTS) is 1. The molecule has 18 heavy (non-hydrogen) atoms. The molecule has 3 N–H and O–H groups in total. The molecule has 0 aliphatic carbocycles. The van der Waals surface area contributed by atoms with Crippen LogP contribution in [-0.4, -0.2) is 52.9 Å². The molecule has 0 radical (unpaired) electrons. The number of nitrogens with one attached hydrogen (secondary N) is 1. The highest BCUT2D eigenvalue weighted by Gasteiger charge is 2.26. The maximum Gasteiger partial charge on any atom is 0.326 e. The van der Waals surface area contributed by atoms with Crippen LogP contribution in [0.4, 0.5) is 4.79 Å². The molecule has 2 amide bonds. The van der Waals surface area contributed by atoms with Crippen molar-refractivity contribution in [1.82, 2.24) is 10.2 Å². The largest absolute Gasteiger partial charge is 0.480 e. The fourth-order valence-electron chi connectivity index (χ4n) is 1.57. The van der Waals surface area contributed by atoms with Gasteiger partial charge in [0, 0.05) is 19.7 Å². The molecule has 0 spiro atoms. The number of carboxylic acids is 1. The lowest BCUT2D eigenvalue weighted by Crippen LogP contribution is -2.50. The number of aliphatic hydroxyl groups is 1. The zero-order chi connectivity index (χ0) is 14.1. The Morgan fingerprint density at radius 3 is 2.33 bits per heavy atom. The van der Waals surface area contributed by atoms with E-state index in [1.54, 1.807) is 6.92 Å². The minimum Gasteiger partial charge on any atom is -0.480 e. The normalized spacial score (nSPS) is 13.8. The van der Waals surface area contributed by atoms with Crippen LogP contribution in [0.3, 0.4) is 0 Å². The molecule has 0 unspecified atom stereocenters. The number of aliphatic carboxylic acids is 1. The Hall–Kier alpha value is -1.30. The molecule has 0 saturated carbocycles. The van der Waals surface area contributed by atoms with Crippen LogP contribution in [0.25, 0.3) is 0 Å². The summed E-state index contributed by atoms with van der Waals surface area (Å²) < 4.78 is 0. The minimum atomic E-state index is -1.02. The number of carbonyl (C=O) groups is 2. The van der Waals surface area contributed by atoms with Gasteiger partial charge in [0.1, 0.15) is 6.04 Å². The van der Waals surface area contributed by atoms with Crippen molar-refractivity contribution in [3.8, 4) is 0 Å². The van der Waals surface area contributed by atoms with Crippen LogP contribution >= 0.6 is 0 Å². The van der Waals surface area contributed by atoms with Crippen LogP contribution in [0.5, 0.6) is 0 Å². The first-order chi connectivity index (χ1) is 8.47. The highest BCUT2D eigenvalue weighted by molar-refractivity contribution is 5.82. The molecule has 0 aliphatic heterocycles. The number of hydrogen-bond acceptors (Lipinski definition) is 3. The lowest BCUT2D eigenvalue weighted by molar-refractivity contribution is -0.140. The Morgan fingerprint density at radius 2 is 1.94 bits per heavy atom. The van der Waals surface area contributed by atoms with Gasteiger partial charge < -0.3 is 20.4 Å². The van der Waals surface area contributed by atoms with Crippen molar-refractivity contribution in [1.29, 1.82) is 0 Å². The first-order valence-corrected chi connectivity index (χ1v) is 6.36. The van der Waals surface area contributed by atoms with Crippen LogP contribution in [0.1, 0.15) is 33.6 Å². The lowest BCUT2D eigenvalue weighted by atomic mass is 9.99. The monoisotopic (exact) mass is 260 g/mol. The highest BCUT2D eigenvalue weighted by Crippen LogP contribution is 2.08. The predicted octanol–water partition coefficient (Wildman–Crippen LogP) is 0.900. The van der Waals surface area contributed by atoms with E-state index in [2.05, 4.69) is 5.32 Å². The molecule has 0 rings (SSSR count). The number of amides is 2. The second kappa shape index (κ2) is 8.74. The predicted molar refractivity (Wildman–Crippen MR) is 68.4 cm³/mol. The Morgan fingerprint density at radius 1 is 1.33 bits per heavy atom. The summed E-state index contributed by atoms with van der Waals surface area (Å²) in [5.41, 5.74) is 0. The Balaban J connectivity index is 4.51. The third kappa shape index (κ3) is 5.35. The van der Waals surface area contributed by atoms with E-state index in [0.717, 1.165) is 0 Å². The molecular formula is C12H24N2O4. The van der Waals surface area contributed by atoms with E-state index in [0.29, 0.717) is 25.9 Å². The van der Waals surface area contributed by atoms with Gasteiger partial charge >= 0.3 is 12.0 Å². The first kappa shape index (κ1) is 16.7. The fourth-order valence-corrected chi connectivity index (χ4v) is 1.57. The smallest absolute Gasteiger partial charge is 0.326 e. The maximum atomic E-state index is 11.9. The summed E-state index contributed by atoms with van der Waals surface area (Å²) in [6.07, 6.45) is 1.17. The third-order valence-corrected chi connectivity index (χ3v) is 3.01. The van der Waals surface area contributed by atoms with Crippen LogP contribution in [0, 0.1) is 5.92 Å². The van der Waals surface area contributed by atoms with Gasteiger partial charge in [0.25, 0.3) is 0 Å². The molecule has 0 aliphatic rings. The number of carbonyl (C=O) groups excluding carboxylic acids is 1. The Kier molecular flexibility index (Phi) is 8.11. The highest BCUT2D eigenvalue weighted by atomic mass is 16.4. The van der Waals surface area contributed by atoms with E-state index in [1.165, 1.54) is 4.90 Å². The van der Waals surface area contributed by atoms with E-state index in [9.17, 15) is 9.59 Å². The lowest BCUT2D eigenvalue weighted by Gasteiger charge is -2.26. The number of aliphatic hydroxyl groups excluding tert-OH is 1. The molecule has 6 nitrogen and oxygen atoms in total. The zero-order valence-corrected chi connectivity index (χ0v) is 11.3. The SMILES string of the molecule is CC[C@H](C)[C@H](NC(=O)N(CC)CCCO)C(=O)O. The molecule has 0 fully saturated rings. The molecule has 0 aromatic carbocycles. The average molecular weight is 260 g/mol. The van der Waals surface area contributed by atoms with E-state index >= 15 is 0 Å². The fraction of sp³-hybridized carbons (Fsp3) is 0.833. The van der Waals surface area contributed by atoms with Gasteiger partial charge in [-0.15, -0.1) is 0 Å². The van der Waals surface area contributed by atoms with Gasteiger partial charge in [0.15, 0.2) is 0 Å². The molecule has 0 aromatic heterocycles. The van der Waals surface area contributed by atoms with Gasteiger partial charge in [-0.25, -0.2) is 9.59 Å². The zero-order valence-electron chi connectivity index (χ0n) is 11.3. The molecule has 0 aromatic rings. The van der Waals surface area contributed by atoms with E-state index in [1.807, 2.05) is 13.8 Å². The van der Waals surface area contributed by atoms with Gasteiger partial charge in [-0.3, -0.25) is 0 Å². The molecule has 2 atom stereocenters. The van der Waals surface area contributed by atoms with Crippen molar-refractivity contribution in [3.05, 3.63) is 0 Å². The summed E-state index contributed by atoms with van der Waals surface area (Å²) >= 11 is 0. The molecule has 0 saturated heterocycles. The maximum absolute atomic E-state index is 11.9. The first-order valence-electron chi connectivity index (χ1n) is 6.36. The summed E-state index contributed by atoms with van der Waals surface area (Å²) in [5, 5.41) is 20.4. The minimum absolute atomic E-state index is 0.0114. The Bertz CT molecular complexity index is 271.